The Morgan fingerprint density at radius 3 is 2.73 bits per heavy atom. The molecule has 1 heterocycles. The minimum atomic E-state index is -0.0258. The fourth-order valence-electron chi connectivity index (χ4n) is 3.01. The highest BCUT2D eigenvalue weighted by molar-refractivity contribution is 6.33. The van der Waals surface area contributed by atoms with Gasteiger partial charge in [0.15, 0.2) is 0 Å². The van der Waals surface area contributed by atoms with Gasteiger partial charge in [-0.3, -0.25) is 9.59 Å². The second-order valence-corrected chi connectivity index (χ2v) is 6.73. The monoisotopic (exact) mass is 371 g/mol. The van der Waals surface area contributed by atoms with Crippen molar-refractivity contribution in [1.29, 1.82) is 0 Å². The number of anilines is 2. The molecular formula is C20H22ClN3O2. The number of rotatable bonds is 6. The molecule has 0 radical (unpaired) electrons. The highest BCUT2D eigenvalue weighted by Crippen LogP contribution is 2.29. The first-order chi connectivity index (χ1) is 12.6. The summed E-state index contributed by atoms with van der Waals surface area (Å²) >= 11 is 6.35. The number of hydrogen-bond acceptors (Lipinski definition) is 3. The predicted molar refractivity (Wildman–Crippen MR) is 105 cm³/mol. The number of halogens is 1. The van der Waals surface area contributed by atoms with E-state index in [0.29, 0.717) is 30.2 Å². The number of benzene rings is 2. The number of nitrogens with zero attached hydrogens (tertiary/aromatic N) is 1. The lowest BCUT2D eigenvalue weighted by atomic mass is 10.1. The topological polar surface area (TPSA) is 61.4 Å². The molecule has 2 aromatic rings. The average molecular weight is 372 g/mol. The minimum absolute atomic E-state index is 0.0110. The zero-order valence-corrected chi connectivity index (χ0v) is 15.3. The lowest BCUT2D eigenvalue weighted by molar-refractivity contribution is -0.120. The maximum atomic E-state index is 12.1. The van der Waals surface area contributed by atoms with Crippen LogP contribution in [-0.4, -0.2) is 31.4 Å². The summed E-state index contributed by atoms with van der Waals surface area (Å²) in [6, 6.07) is 15.5. The maximum Gasteiger partial charge on any atom is 0.239 e. The van der Waals surface area contributed by atoms with Crippen LogP contribution >= 0.6 is 11.6 Å². The molecule has 5 nitrogen and oxygen atoms in total. The summed E-state index contributed by atoms with van der Waals surface area (Å²) in [5.41, 5.74) is 2.71. The highest BCUT2D eigenvalue weighted by atomic mass is 35.5. The van der Waals surface area contributed by atoms with Gasteiger partial charge < -0.3 is 15.5 Å². The molecule has 0 saturated carbocycles. The van der Waals surface area contributed by atoms with Crippen molar-refractivity contribution in [1.82, 2.24) is 5.32 Å². The summed E-state index contributed by atoms with van der Waals surface area (Å²) in [6.07, 6.45) is 2.14. The molecule has 1 fully saturated rings. The highest BCUT2D eigenvalue weighted by Gasteiger charge is 2.18. The van der Waals surface area contributed by atoms with Gasteiger partial charge in [0, 0.05) is 25.2 Å². The Kier molecular flexibility index (Phi) is 6.12. The van der Waals surface area contributed by atoms with E-state index in [1.165, 1.54) is 5.56 Å². The first-order valence-corrected chi connectivity index (χ1v) is 9.14. The second-order valence-electron chi connectivity index (χ2n) is 6.33. The van der Waals surface area contributed by atoms with Crippen molar-refractivity contribution in [3.05, 3.63) is 59.1 Å². The van der Waals surface area contributed by atoms with Crippen molar-refractivity contribution in [3.8, 4) is 0 Å². The summed E-state index contributed by atoms with van der Waals surface area (Å²) < 4.78 is 0. The van der Waals surface area contributed by atoms with E-state index in [9.17, 15) is 9.59 Å². The largest absolute Gasteiger partial charge is 0.359 e. The molecule has 2 N–H and O–H groups in total. The zero-order chi connectivity index (χ0) is 18.4. The molecule has 6 heteroatoms. The van der Waals surface area contributed by atoms with E-state index in [1.807, 2.05) is 35.2 Å². The van der Waals surface area contributed by atoms with E-state index in [0.717, 1.165) is 25.1 Å². The van der Waals surface area contributed by atoms with Gasteiger partial charge in [-0.05, 0) is 36.6 Å². The van der Waals surface area contributed by atoms with Gasteiger partial charge >= 0.3 is 0 Å². The molecule has 0 spiro atoms. The normalized spacial score (nSPS) is 14.0. The Labute approximate surface area is 158 Å². The number of nitrogens with one attached hydrogen (secondary N) is 2. The quantitative estimate of drug-likeness (QED) is 0.819. The Balaban J connectivity index is 1.52. The lowest BCUT2D eigenvalue weighted by Gasteiger charge is -2.29. The Bertz CT molecular complexity index is 780. The molecule has 1 aliphatic heterocycles. The summed E-state index contributed by atoms with van der Waals surface area (Å²) in [6.45, 7) is 1.62. The summed E-state index contributed by atoms with van der Waals surface area (Å²) in [5.74, 6) is -0.0368. The fraction of sp³-hybridized carbons (Fsp3) is 0.300. The summed E-state index contributed by atoms with van der Waals surface area (Å²) in [4.78, 5) is 25.6. The van der Waals surface area contributed by atoms with Crippen LogP contribution in [0.15, 0.2) is 48.5 Å². The zero-order valence-electron chi connectivity index (χ0n) is 14.5. The van der Waals surface area contributed by atoms with Crippen molar-refractivity contribution < 1.29 is 9.59 Å². The van der Waals surface area contributed by atoms with Crippen molar-refractivity contribution >= 4 is 34.8 Å². The molecule has 136 valence electrons. The van der Waals surface area contributed by atoms with Crippen molar-refractivity contribution in [2.24, 2.45) is 0 Å². The van der Waals surface area contributed by atoms with E-state index in [2.05, 4.69) is 22.8 Å². The van der Waals surface area contributed by atoms with Gasteiger partial charge in [0.05, 0.1) is 17.3 Å². The molecule has 26 heavy (non-hydrogen) atoms. The standard InChI is InChI=1S/C20H22ClN3O2/c21-17-13-16(9-10-18(17)24-12-11-22-20(26)14-24)23-19(25)8-4-7-15-5-2-1-3-6-15/h1-3,5-6,9-10,13H,4,7-8,11-12,14H2,(H,22,26)(H,23,25). The molecule has 3 rings (SSSR count). The number of piperazine rings is 1. The van der Waals surface area contributed by atoms with Crippen LogP contribution in [0.1, 0.15) is 18.4 Å². The van der Waals surface area contributed by atoms with Crippen LogP contribution in [0, 0.1) is 0 Å². The molecule has 1 aliphatic rings. The first kappa shape index (κ1) is 18.3. The molecule has 1 saturated heterocycles. The number of aryl methyl sites for hydroxylation is 1. The smallest absolute Gasteiger partial charge is 0.239 e. The van der Waals surface area contributed by atoms with Crippen LogP contribution < -0.4 is 15.5 Å². The fourth-order valence-corrected chi connectivity index (χ4v) is 3.31. The molecule has 0 aromatic heterocycles. The third kappa shape index (κ3) is 4.99. The van der Waals surface area contributed by atoms with E-state index in [1.54, 1.807) is 6.07 Å². The molecule has 0 bridgehead atoms. The second kappa shape index (κ2) is 8.72. The van der Waals surface area contributed by atoms with Gasteiger partial charge in [-0.15, -0.1) is 0 Å². The van der Waals surface area contributed by atoms with Gasteiger partial charge in [-0.25, -0.2) is 0 Å². The van der Waals surface area contributed by atoms with Crippen molar-refractivity contribution in [2.75, 3.05) is 29.9 Å². The third-order valence-electron chi connectivity index (χ3n) is 4.32. The number of carbonyl (C=O) groups excluding carboxylic acids is 2. The average Bonchev–Trinajstić information content (AvgIpc) is 2.63. The minimum Gasteiger partial charge on any atom is -0.359 e. The predicted octanol–water partition coefficient (Wildman–Crippen LogP) is 3.24. The van der Waals surface area contributed by atoms with Gasteiger partial charge in [0.2, 0.25) is 11.8 Å². The van der Waals surface area contributed by atoms with Crippen LogP contribution in [-0.2, 0) is 16.0 Å². The first-order valence-electron chi connectivity index (χ1n) is 8.77. The van der Waals surface area contributed by atoms with Crippen LogP contribution in [0.3, 0.4) is 0 Å². The van der Waals surface area contributed by atoms with Crippen LogP contribution in [0.25, 0.3) is 0 Å². The maximum absolute atomic E-state index is 12.1. The SMILES string of the molecule is O=C1CN(c2ccc(NC(=O)CCCc3ccccc3)cc2Cl)CCN1. The molecular weight excluding hydrogens is 350 g/mol. The van der Waals surface area contributed by atoms with E-state index < -0.39 is 0 Å². The van der Waals surface area contributed by atoms with Crippen molar-refractivity contribution in [2.45, 2.75) is 19.3 Å². The van der Waals surface area contributed by atoms with Gasteiger partial charge in [0.1, 0.15) is 0 Å². The molecule has 0 aliphatic carbocycles. The molecule has 2 aromatic carbocycles. The van der Waals surface area contributed by atoms with E-state index >= 15 is 0 Å². The summed E-state index contributed by atoms with van der Waals surface area (Å²) in [7, 11) is 0. The molecule has 0 atom stereocenters. The molecule has 0 unspecified atom stereocenters. The van der Waals surface area contributed by atoms with Crippen LogP contribution in [0.4, 0.5) is 11.4 Å². The Morgan fingerprint density at radius 1 is 1.19 bits per heavy atom. The van der Waals surface area contributed by atoms with Crippen LogP contribution in [0.2, 0.25) is 5.02 Å². The Hall–Kier alpha value is -2.53. The van der Waals surface area contributed by atoms with E-state index in [-0.39, 0.29) is 11.8 Å². The number of hydrogen-bond donors (Lipinski definition) is 2. The summed E-state index contributed by atoms with van der Waals surface area (Å²) in [5, 5.41) is 6.21. The van der Waals surface area contributed by atoms with Gasteiger partial charge in [-0.2, -0.15) is 0 Å². The van der Waals surface area contributed by atoms with Gasteiger partial charge in [0.25, 0.3) is 0 Å². The van der Waals surface area contributed by atoms with Crippen molar-refractivity contribution in [3.63, 3.8) is 0 Å². The molecule has 2 amide bonds. The number of carbonyl (C=O) groups is 2. The lowest BCUT2D eigenvalue weighted by Crippen LogP contribution is -2.47. The van der Waals surface area contributed by atoms with Crippen LogP contribution in [0.5, 0.6) is 0 Å². The van der Waals surface area contributed by atoms with Gasteiger partial charge in [-0.1, -0.05) is 41.9 Å². The van der Waals surface area contributed by atoms with E-state index in [4.69, 9.17) is 11.6 Å². The third-order valence-corrected chi connectivity index (χ3v) is 4.63. The Morgan fingerprint density at radius 2 is 2.00 bits per heavy atom. The number of amides is 2.